The van der Waals surface area contributed by atoms with Gasteiger partial charge in [0.2, 0.25) is 11.8 Å². The molecule has 0 spiro atoms. The number of benzene rings is 2. The molecule has 1 aromatic heterocycles. The Morgan fingerprint density at radius 2 is 1.17 bits per heavy atom. The average molecular weight is 822 g/mol. The van der Waals surface area contributed by atoms with Crippen LogP contribution in [0.1, 0.15) is 75.2 Å². The number of hydrogen-bond acceptors (Lipinski definition) is 10. The number of nitrogens with one attached hydrogen (secondary N) is 3. The quantitative estimate of drug-likeness (QED) is 0.213. The monoisotopic (exact) mass is 821 g/mol. The predicted molar refractivity (Wildman–Crippen MR) is 224 cm³/mol. The van der Waals surface area contributed by atoms with Crippen molar-refractivity contribution in [3.8, 4) is 22.4 Å². The van der Waals surface area contributed by atoms with Crippen molar-refractivity contribution in [3.63, 3.8) is 0 Å². The van der Waals surface area contributed by atoms with Gasteiger partial charge in [-0.3, -0.25) is 14.6 Å². The molecule has 2 aromatic carbocycles. The minimum Gasteiger partial charge on any atom is -0.453 e. The van der Waals surface area contributed by atoms with Crippen LogP contribution in [0.3, 0.4) is 0 Å². The number of rotatable bonds is 11. The summed E-state index contributed by atoms with van der Waals surface area (Å²) in [6.45, 7) is 3.49. The van der Waals surface area contributed by atoms with E-state index in [2.05, 4.69) is 64.1 Å². The number of H-pyrrole nitrogens is 1. The number of alkyl carbamates (subject to hydrolysis) is 2. The smallest absolute Gasteiger partial charge is 0.407 e. The van der Waals surface area contributed by atoms with E-state index >= 15 is 0 Å². The van der Waals surface area contributed by atoms with E-state index in [1.807, 2.05) is 22.2 Å². The molecule has 0 radical (unpaired) electrons. The molecule has 15 heteroatoms. The second-order valence-electron chi connectivity index (χ2n) is 16.3. The van der Waals surface area contributed by atoms with Crippen molar-refractivity contribution < 1.29 is 38.1 Å². The maximum absolute atomic E-state index is 14.0. The fourth-order valence-electron chi connectivity index (χ4n) is 9.48. The van der Waals surface area contributed by atoms with Crippen molar-refractivity contribution in [3.05, 3.63) is 72.3 Å². The van der Waals surface area contributed by atoms with Gasteiger partial charge in [0.25, 0.3) is 0 Å². The van der Waals surface area contributed by atoms with Crippen LogP contribution in [-0.2, 0) is 28.5 Å². The van der Waals surface area contributed by atoms with Crippen LogP contribution in [0.15, 0.2) is 65.9 Å². The minimum absolute atomic E-state index is 0.00804. The lowest BCUT2D eigenvalue weighted by atomic mass is 9.90. The molecule has 5 aliphatic heterocycles. The first kappa shape index (κ1) is 41.2. The van der Waals surface area contributed by atoms with Crippen molar-refractivity contribution >= 4 is 35.3 Å². The summed E-state index contributed by atoms with van der Waals surface area (Å²) in [5, 5.41) is 5.64. The van der Waals surface area contributed by atoms with Crippen LogP contribution in [0.4, 0.5) is 9.59 Å². The van der Waals surface area contributed by atoms with E-state index in [1.54, 1.807) is 0 Å². The van der Waals surface area contributed by atoms with Gasteiger partial charge >= 0.3 is 12.2 Å². The molecule has 0 saturated carbocycles. The zero-order chi connectivity index (χ0) is 41.6. The van der Waals surface area contributed by atoms with E-state index in [4.69, 9.17) is 28.9 Å². The third kappa shape index (κ3) is 8.97. The van der Waals surface area contributed by atoms with Crippen LogP contribution in [0, 0.1) is 11.8 Å². The Hall–Kier alpha value is -5.54. The van der Waals surface area contributed by atoms with E-state index < -0.39 is 24.3 Å². The van der Waals surface area contributed by atoms with Crippen LogP contribution < -0.4 is 10.6 Å². The number of hydrogen-bond donors (Lipinski definition) is 3. The van der Waals surface area contributed by atoms with Crippen LogP contribution in [0.5, 0.6) is 0 Å². The van der Waals surface area contributed by atoms with Gasteiger partial charge in [0.1, 0.15) is 17.9 Å². The largest absolute Gasteiger partial charge is 0.453 e. The van der Waals surface area contributed by atoms with Gasteiger partial charge < -0.3 is 44.4 Å². The summed E-state index contributed by atoms with van der Waals surface area (Å²) < 4.78 is 20.8. The second-order valence-corrected chi connectivity index (χ2v) is 16.3. The SMILES string of the molecule is COC(=O)NC(C(=O)N1CCC[C@H]1C1=NC=C(c2ccc(-c3ccc(-c4cnc([C@@H]5CCCN5C(=O)C(NC(=O)OC)C5CCOCC5)[nH]4)cc3)cc2)C1)C1CCOCC1. The molecular weight excluding hydrogens is 767 g/mol. The Balaban J connectivity index is 0.886. The molecule has 0 bridgehead atoms. The highest BCUT2D eigenvalue weighted by atomic mass is 16.5. The van der Waals surface area contributed by atoms with Crippen LogP contribution in [0.25, 0.3) is 28.0 Å². The number of nitrogens with zero attached hydrogens (tertiary/aromatic N) is 4. The molecule has 318 valence electrons. The Labute approximate surface area is 350 Å². The number of imidazole rings is 1. The third-order valence-corrected chi connectivity index (χ3v) is 12.8. The normalized spacial score (nSPS) is 22.2. The number of ether oxygens (including phenoxy) is 4. The molecule has 2 unspecified atom stereocenters. The molecule has 8 rings (SSSR count). The lowest BCUT2D eigenvalue weighted by Crippen LogP contribution is -2.55. The van der Waals surface area contributed by atoms with Crippen LogP contribution >= 0.6 is 0 Å². The van der Waals surface area contributed by atoms with Gasteiger partial charge in [-0.2, -0.15) is 0 Å². The first-order valence-corrected chi connectivity index (χ1v) is 21.3. The van der Waals surface area contributed by atoms with Crippen LogP contribution in [0.2, 0.25) is 0 Å². The molecule has 0 aliphatic carbocycles. The standard InChI is InChI=1S/C45H55N7O8/c1-57-44(55)49-39(32-15-21-59-22-16-32)42(53)51-19-3-5-37(51)35-25-34(26-46-35)30-9-7-28(8-10-30)29-11-13-31(14-12-29)36-27-47-41(48-36)38-6-4-20-52(38)43(54)40(50-45(56)58-2)33-17-23-60-24-18-33/h7-14,26-27,32-33,37-40H,3-6,15-25H2,1-2H3,(H,47,48)(H,49,55)(H,50,56)/t37-,38-,39?,40?/m0/s1. The van der Waals surface area contributed by atoms with Crippen LogP contribution in [-0.4, -0.2) is 121 Å². The number of aromatic amines is 1. The molecule has 3 N–H and O–H groups in total. The van der Waals surface area contributed by atoms with Crippen molar-refractivity contribution in [1.29, 1.82) is 0 Å². The van der Waals surface area contributed by atoms with Gasteiger partial charge in [0.15, 0.2) is 0 Å². The molecule has 4 fully saturated rings. The van der Waals surface area contributed by atoms with Gasteiger partial charge in [-0.05, 0) is 91.0 Å². The Kier molecular flexibility index (Phi) is 12.9. The zero-order valence-electron chi connectivity index (χ0n) is 34.4. The highest BCUT2D eigenvalue weighted by molar-refractivity contribution is 6.04. The van der Waals surface area contributed by atoms with Crippen molar-refractivity contribution in [2.45, 2.75) is 82.0 Å². The van der Waals surface area contributed by atoms with E-state index in [9.17, 15) is 19.2 Å². The molecule has 60 heavy (non-hydrogen) atoms. The van der Waals surface area contributed by atoms with Gasteiger partial charge in [-0.15, -0.1) is 0 Å². The Bertz CT molecular complexity index is 2070. The maximum atomic E-state index is 14.0. The number of allylic oxidation sites excluding steroid dienone is 1. The van der Waals surface area contributed by atoms with Crippen molar-refractivity contribution in [2.75, 3.05) is 53.7 Å². The first-order valence-electron chi connectivity index (χ1n) is 21.3. The lowest BCUT2D eigenvalue weighted by Gasteiger charge is -2.34. The van der Waals surface area contributed by atoms with E-state index in [0.717, 1.165) is 70.7 Å². The number of aliphatic imine (C=N–C) groups is 1. The molecule has 5 aliphatic rings. The topological polar surface area (TPSA) is 177 Å². The number of likely N-dealkylation sites (tertiary alicyclic amines) is 2. The molecular formula is C45H55N7O8. The predicted octanol–water partition coefficient (Wildman–Crippen LogP) is 5.89. The van der Waals surface area contributed by atoms with E-state index in [1.165, 1.54) is 14.2 Å². The summed E-state index contributed by atoms with van der Waals surface area (Å²) in [5.41, 5.74) is 7.18. The number of aromatic nitrogens is 2. The molecule has 4 amide bonds. The first-order chi connectivity index (χ1) is 29.3. The van der Waals surface area contributed by atoms with Gasteiger partial charge in [0.05, 0.1) is 38.2 Å². The zero-order valence-corrected chi connectivity index (χ0v) is 34.4. The summed E-state index contributed by atoms with van der Waals surface area (Å²) in [7, 11) is 2.63. The Morgan fingerprint density at radius 1 is 0.683 bits per heavy atom. The molecule has 4 saturated heterocycles. The maximum Gasteiger partial charge on any atom is 0.407 e. The van der Waals surface area contributed by atoms with Crippen molar-refractivity contribution in [1.82, 2.24) is 30.4 Å². The molecule has 4 atom stereocenters. The number of methoxy groups -OCH3 is 2. The summed E-state index contributed by atoms with van der Waals surface area (Å²) in [6.07, 6.45) is 9.35. The summed E-state index contributed by atoms with van der Waals surface area (Å²) in [6, 6.07) is 15.1. The number of amides is 4. The van der Waals surface area contributed by atoms with E-state index in [0.29, 0.717) is 71.6 Å². The van der Waals surface area contributed by atoms with Gasteiger partial charge in [-0.1, -0.05) is 48.5 Å². The average Bonchev–Trinajstić information content (AvgIpc) is 4.15. The fourth-order valence-corrected chi connectivity index (χ4v) is 9.48. The summed E-state index contributed by atoms with van der Waals surface area (Å²) >= 11 is 0. The lowest BCUT2D eigenvalue weighted by molar-refractivity contribution is -0.137. The highest BCUT2D eigenvalue weighted by Crippen LogP contribution is 2.36. The number of carbonyl (C=O) groups excluding carboxylic acids is 4. The van der Waals surface area contributed by atoms with E-state index in [-0.39, 0.29) is 35.7 Å². The van der Waals surface area contributed by atoms with Crippen molar-refractivity contribution in [2.24, 2.45) is 16.8 Å². The fraction of sp³-hybridized carbons (Fsp3) is 0.511. The summed E-state index contributed by atoms with van der Waals surface area (Å²) in [5.74, 6) is 0.509. The Morgan fingerprint density at radius 3 is 1.70 bits per heavy atom. The molecule has 6 heterocycles. The highest BCUT2D eigenvalue weighted by Gasteiger charge is 2.42. The van der Waals surface area contributed by atoms with Gasteiger partial charge in [-0.25, -0.2) is 14.6 Å². The third-order valence-electron chi connectivity index (χ3n) is 12.8. The number of carbonyl (C=O) groups is 4. The molecule has 15 nitrogen and oxygen atoms in total. The minimum atomic E-state index is -0.682. The summed E-state index contributed by atoms with van der Waals surface area (Å²) in [4.78, 5) is 69.3. The second kappa shape index (κ2) is 18.8. The van der Waals surface area contributed by atoms with Gasteiger partial charge in [0, 0.05) is 57.8 Å². The molecule has 3 aromatic rings.